The molecule has 4 rings (SSSR count). The van der Waals surface area contributed by atoms with Gasteiger partial charge >= 0.3 is 5.97 Å². The molecular formula is C29H26NO5P. The number of ether oxygens (including phenoxy) is 1. The van der Waals surface area contributed by atoms with Crippen molar-refractivity contribution < 1.29 is 24.0 Å². The first kappa shape index (κ1) is 25.0. The molecule has 1 atom stereocenters. The third kappa shape index (κ3) is 4.95. The van der Waals surface area contributed by atoms with Gasteiger partial charge in [0, 0.05) is 22.3 Å². The summed E-state index contributed by atoms with van der Waals surface area (Å²) >= 11 is 0. The van der Waals surface area contributed by atoms with Gasteiger partial charge in [0.1, 0.15) is 12.9 Å². The highest BCUT2D eigenvalue weighted by atomic mass is 31.2. The van der Waals surface area contributed by atoms with Crippen molar-refractivity contribution in [2.24, 2.45) is 0 Å². The van der Waals surface area contributed by atoms with Gasteiger partial charge in [-0.25, -0.2) is 4.79 Å². The summed E-state index contributed by atoms with van der Waals surface area (Å²) in [6, 6.07) is 32.4. The smallest absolute Gasteiger partial charge is 0.334 e. The van der Waals surface area contributed by atoms with Crippen molar-refractivity contribution in [1.82, 2.24) is 5.32 Å². The van der Waals surface area contributed by atoms with E-state index < -0.39 is 24.6 Å². The van der Waals surface area contributed by atoms with Crippen LogP contribution < -0.4 is 20.7 Å². The summed E-state index contributed by atoms with van der Waals surface area (Å²) in [5.41, 5.74) is -1.48. The largest absolute Gasteiger partial charge is 0.497 e. The van der Waals surface area contributed by atoms with Crippen LogP contribution in [0.4, 0.5) is 0 Å². The third-order valence-electron chi connectivity index (χ3n) is 6.10. The fraction of sp³-hybridized carbons (Fsp3) is 0.103. The molecule has 6 nitrogen and oxygen atoms in total. The first-order valence-electron chi connectivity index (χ1n) is 11.3. The molecule has 0 heterocycles. The van der Waals surface area contributed by atoms with Crippen LogP contribution in [0.15, 0.2) is 115 Å². The van der Waals surface area contributed by atoms with Gasteiger partial charge in [0.25, 0.3) is 5.91 Å². The molecule has 36 heavy (non-hydrogen) atoms. The quantitative estimate of drug-likeness (QED) is 0.333. The minimum Gasteiger partial charge on any atom is -0.497 e. The molecule has 4 aromatic rings. The van der Waals surface area contributed by atoms with E-state index >= 15 is 0 Å². The summed E-state index contributed by atoms with van der Waals surface area (Å²) in [6.45, 7) is 0. The summed E-state index contributed by atoms with van der Waals surface area (Å²) < 4.78 is 20.3. The average molecular weight is 500 g/mol. The third-order valence-corrected chi connectivity index (χ3v) is 9.28. The van der Waals surface area contributed by atoms with Crippen LogP contribution in [0.2, 0.25) is 0 Å². The van der Waals surface area contributed by atoms with E-state index in [0.29, 0.717) is 21.9 Å². The molecule has 0 aliphatic rings. The maximum absolute atomic E-state index is 14.9. The maximum Gasteiger partial charge on any atom is 0.334 e. The van der Waals surface area contributed by atoms with E-state index in [-0.39, 0.29) is 11.7 Å². The first-order valence-corrected chi connectivity index (χ1v) is 13.2. The van der Waals surface area contributed by atoms with Crippen LogP contribution in [0.1, 0.15) is 15.9 Å². The van der Waals surface area contributed by atoms with Gasteiger partial charge in [0.15, 0.2) is 5.54 Å². The number of carboxylic acids is 1. The van der Waals surface area contributed by atoms with Crippen LogP contribution in [0.5, 0.6) is 5.75 Å². The predicted molar refractivity (Wildman–Crippen MR) is 141 cm³/mol. The molecule has 0 spiro atoms. The van der Waals surface area contributed by atoms with E-state index in [9.17, 15) is 19.3 Å². The van der Waals surface area contributed by atoms with E-state index in [2.05, 4.69) is 5.32 Å². The number of carbonyl (C=O) groups is 2. The molecular weight excluding hydrogens is 473 g/mol. The van der Waals surface area contributed by atoms with Crippen LogP contribution in [-0.4, -0.2) is 30.3 Å². The number of carboxylic acid groups (broad SMARTS) is 1. The first-order chi connectivity index (χ1) is 17.4. The molecule has 0 bridgehead atoms. The van der Waals surface area contributed by atoms with Crippen molar-refractivity contribution in [2.75, 3.05) is 13.3 Å². The molecule has 0 aliphatic heterocycles. The number of methoxy groups -OCH3 is 1. The van der Waals surface area contributed by atoms with Crippen molar-refractivity contribution in [3.05, 3.63) is 126 Å². The van der Waals surface area contributed by atoms with Gasteiger partial charge in [-0.15, -0.1) is 0 Å². The Morgan fingerprint density at radius 1 is 0.806 bits per heavy atom. The summed E-state index contributed by atoms with van der Waals surface area (Å²) in [6.07, 6.45) is -0.380. The number of carbonyl (C=O) groups excluding carboxylic acids is 1. The molecule has 1 amide bonds. The van der Waals surface area contributed by atoms with Crippen molar-refractivity contribution in [1.29, 1.82) is 0 Å². The van der Waals surface area contributed by atoms with Crippen molar-refractivity contribution >= 4 is 29.6 Å². The molecule has 0 aliphatic carbocycles. The minimum absolute atomic E-state index is 0.255. The standard InChI is InChI=1S/C29H26NO5P/c1-35-24-15-11-14-23(20-24)29(28(32)33,30-27(31)22-12-5-2-6-13-22)21-36(34,25-16-7-3-8-17-25)26-18-9-4-10-19-26/h2-20H,21H2,1H3,(H,30,31)(H,32,33). The highest BCUT2D eigenvalue weighted by Crippen LogP contribution is 2.49. The summed E-state index contributed by atoms with van der Waals surface area (Å²) in [4.78, 5) is 26.5. The monoisotopic (exact) mass is 499 g/mol. The fourth-order valence-electron chi connectivity index (χ4n) is 4.19. The Hall–Kier alpha value is -4.15. The SMILES string of the molecule is COc1cccc(C(CP(=O)(c2ccccc2)c2ccccc2)(NC(=O)c2ccccc2)C(=O)O)c1. The molecule has 7 heteroatoms. The van der Waals surface area contributed by atoms with Crippen LogP contribution >= 0.6 is 7.14 Å². The molecule has 2 N–H and O–H groups in total. The molecule has 1 unspecified atom stereocenters. The highest BCUT2D eigenvalue weighted by molar-refractivity contribution is 7.78. The number of aliphatic carboxylic acids is 1. The maximum atomic E-state index is 14.9. The van der Waals surface area contributed by atoms with Gasteiger partial charge in [-0.1, -0.05) is 91.0 Å². The summed E-state index contributed by atoms with van der Waals surface area (Å²) in [5.74, 6) is -1.50. The second-order valence-electron chi connectivity index (χ2n) is 8.33. The fourth-order valence-corrected chi connectivity index (χ4v) is 7.23. The molecule has 4 aromatic carbocycles. The Morgan fingerprint density at radius 2 is 1.33 bits per heavy atom. The van der Waals surface area contributed by atoms with E-state index in [1.807, 2.05) is 12.1 Å². The van der Waals surface area contributed by atoms with Crippen molar-refractivity contribution in [2.45, 2.75) is 5.54 Å². The number of rotatable bonds is 9. The highest BCUT2D eigenvalue weighted by Gasteiger charge is 2.49. The Labute approximate surface area is 209 Å². The van der Waals surface area contributed by atoms with E-state index in [1.54, 1.807) is 103 Å². The summed E-state index contributed by atoms with van der Waals surface area (Å²) in [7, 11) is -2.10. The second kappa shape index (κ2) is 10.6. The molecule has 0 saturated heterocycles. The summed E-state index contributed by atoms with van der Waals surface area (Å²) in [5, 5.41) is 14.5. The minimum atomic E-state index is -3.57. The number of benzene rings is 4. The van der Waals surface area contributed by atoms with E-state index in [1.165, 1.54) is 7.11 Å². The zero-order chi connectivity index (χ0) is 25.6. The van der Waals surface area contributed by atoms with Crippen LogP contribution in [0, 0.1) is 0 Å². The Bertz CT molecular complexity index is 1350. The number of nitrogens with one attached hydrogen (secondary N) is 1. The second-order valence-corrected chi connectivity index (χ2v) is 11.2. The zero-order valence-electron chi connectivity index (χ0n) is 19.7. The number of amides is 1. The molecule has 0 aromatic heterocycles. The van der Waals surface area contributed by atoms with E-state index in [0.717, 1.165) is 0 Å². The van der Waals surface area contributed by atoms with Crippen molar-refractivity contribution in [3.63, 3.8) is 0 Å². The molecule has 0 saturated carbocycles. The van der Waals surface area contributed by atoms with Crippen molar-refractivity contribution in [3.8, 4) is 5.75 Å². The van der Waals surface area contributed by atoms with E-state index in [4.69, 9.17) is 4.74 Å². The van der Waals surface area contributed by atoms with Gasteiger partial charge in [-0.2, -0.15) is 0 Å². The molecule has 0 fully saturated rings. The number of hydrogen-bond acceptors (Lipinski definition) is 4. The van der Waals surface area contributed by atoms with Gasteiger partial charge in [-0.3, -0.25) is 4.79 Å². The Morgan fingerprint density at radius 3 is 1.83 bits per heavy atom. The van der Waals surface area contributed by atoms with Gasteiger partial charge < -0.3 is 19.7 Å². The van der Waals surface area contributed by atoms with Gasteiger partial charge in [-0.05, 0) is 29.8 Å². The Kier molecular flexibility index (Phi) is 7.37. The van der Waals surface area contributed by atoms with Gasteiger partial charge in [0.05, 0.1) is 7.11 Å². The number of hydrogen-bond donors (Lipinski definition) is 2. The lowest BCUT2D eigenvalue weighted by molar-refractivity contribution is -0.144. The predicted octanol–water partition coefficient (Wildman–Crippen LogP) is 4.42. The van der Waals surface area contributed by atoms with Crippen LogP contribution in [-0.2, 0) is 14.9 Å². The molecule has 0 radical (unpaired) electrons. The topological polar surface area (TPSA) is 92.7 Å². The Balaban J connectivity index is 1.94. The average Bonchev–Trinajstić information content (AvgIpc) is 2.94. The normalized spacial score (nSPS) is 12.8. The lowest BCUT2D eigenvalue weighted by Gasteiger charge is -2.35. The van der Waals surface area contributed by atoms with Gasteiger partial charge in [0.2, 0.25) is 0 Å². The lowest BCUT2D eigenvalue weighted by Crippen LogP contribution is -2.55. The molecule has 182 valence electrons. The zero-order valence-corrected chi connectivity index (χ0v) is 20.6. The van der Waals surface area contributed by atoms with Crippen LogP contribution in [0.3, 0.4) is 0 Å². The van der Waals surface area contributed by atoms with Crippen LogP contribution in [0.25, 0.3) is 0 Å². The lowest BCUT2D eigenvalue weighted by atomic mass is 9.91.